The Bertz CT molecular complexity index is 938. The van der Waals surface area contributed by atoms with E-state index in [0.717, 1.165) is 29.0 Å². The van der Waals surface area contributed by atoms with Gasteiger partial charge in [-0.3, -0.25) is 0 Å². The van der Waals surface area contributed by atoms with Crippen molar-refractivity contribution in [2.75, 3.05) is 0 Å². The maximum absolute atomic E-state index is 6.08. The molecule has 0 saturated heterocycles. The number of aromatic amines is 1. The molecule has 4 rings (SSSR count). The molecule has 0 unspecified atom stereocenters. The van der Waals surface area contributed by atoms with E-state index in [1.807, 2.05) is 42.7 Å². The van der Waals surface area contributed by atoms with Crippen LogP contribution in [0.3, 0.4) is 0 Å². The highest BCUT2D eigenvalue weighted by atomic mass is 35.5. The van der Waals surface area contributed by atoms with Crippen molar-refractivity contribution in [3.8, 4) is 11.4 Å². The second-order valence-electron chi connectivity index (χ2n) is 5.14. The van der Waals surface area contributed by atoms with Gasteiger partial charge in [0.05, 0.1) is 17.4 Å². The summed E-state index contributed by atoms with van der Waals surface area (Å²) in [5.41, 5.74) is 4.23. The molecular weight excluding hydrogens is 296 g/mol. The van der Waals surface area contributed by atoms with Crippen LogP contribution in [-0.2, 0) is 6.54 Å². The van der Waals surface area contributed by atoms with Gasteiger partial charge in [-0.2, -0.15) is 0 Å². The Balaban J connectivity index is 1.70. The maximum atomic E-state index is 6.08. The number of aromatic nitrogens is 4. The fraction of sp³-hybridized carbons (Fsp3) is 0.0588. The third-order valence-corrected chi connectivity index (χ3v) is 3.87. The van der Waals surface area contributed by atoms with Crippen LogP contribution in [-0.4, -0.2) is 19.5 Å². The first-order valence-electron chi connectivity index (χ1n) is 6.99. The van der Waals surface area contributed by atoms with Gasteiger partial charge in [-0.1, -0.05) is 29.8 Å². The van der Waals surface area contributed by atoms with E-state index >= 15 is 0 Å². The van der Waals surface area contributed by atoms with Gasteiger partial charge in [-0.15, -0.1) is 0 Å². The fourth-order valence-electron chi connectivity index (χ4n) is 2.60. The molecule has 2 aromatic carbocycles. The van der Waals surface area contributed by atoms with Gasteiger partial charge < -0.3 is 9.55 Å². The van der Waals surface area contributed by atoms with Crippen molar-refractivity contribution in [2.24, 2.45) is 0 Å². The van der Waals surface area contributed by atoms with E-state index in [1.165, 1.54) is 5.56 Å². The Kier molecular flexibility index (Phi) is 3.16. The van der Waals surface area contributed by atoms with E-state index in [0.29, 0.717) is 5.02 Å². The lowest BCUT2D eigenvalue weighted by Crippen LogP contribution is -2.01. The lowest BCUT2D eigenvalue weighted by Gasteiger charge is -2.08. The quantitative estimate of drug-likeness (QED) is 0.618. The molecule has 0 aliphatic carbocycles. The number of nitrogens with one attached hydrogen (secondary N) is 1. The van der Waals surface area contributed by atoms with Crippen molar-refractivity contribution in [2.45, 2.75) is 6.54 Å². The topological polar surface area (TPSA) is 46.5 Å². The third kappa shape index (κ3) is 2.38. The van der Waals surface area contributed by atoms with Crippen molar-refractivity contribution in [1.82, 2.24) is 19.5 Å². The molecule has 0 aliphatic rings. The van der Waals surface area contributed by atoms with Crippen LogP contribution in [0.1, 0.15) is 5.56 Å². The average molecular weight is 309 g/mol. The Morgan fingerprint density at radius 1 is 1.09 bits per heavy atom. The van der Waals surface area contributed by atoms with E-state index in [9.17, 15) is 0 Å². The Morgan fingerprint density at radius 3 is 2.95 bits per heavy atom. The van der Waals surface area contributed by atoms with Gasteiger partial charge in [-0.25, -0.2) is 9.97 Å². The number of rotatable bonds is 3. The predicted octanol–water partition coefficient (Wildman–Crippen LogP) is 4.13. The third-order valence-electron chi connectivity index (χ3n) is 3.64. The normalized spacial score (nSPS) is 11.1. The van der Waals surface area contributed by atoms with Gasteiger partial charge in [0.25, 0.3) is 0 Å². The zero-order valence-corrected chi connectivity index (χ0v) is 12.5. The van der Waals surface area contributed by atoms with Crippen LogP contribution in [0.4, 0.5) is 0 Å². The van der Waals surface area contributed by atoms with Crippen LogP contribution < -0.4 is 0 Å². The number of benzene rings is 2. The summed E-state index contributed by atoms with van der Waals surface area (Å²) in [5, 5.41) is 0.714. The molecule has 0 fully saturated rings. The van der Waals surface area contributed by atoms with E-state index in [4.69, 9.17) is 11.6 Å². The van der Waals surface area contributed by atoms with Crippen LogP contribution >= 0.6 is 11.6 Å². The first-order valence-corrected chi connectivity index (χ1v) is 7.36. The van der Waals surface area contributed by atoms with E-state index in [2.05, 4.69) is 31.7 Å². The molecule has 0 saturated carbocycles. The number of imidazole rings is 2. The summed E-state index contributed by atoms with van der Waals surface area (Å²) < 4.78 is 2.11. The van der Waals surface area contributed by atoms with Crippen molar-refractivity contribution < 1.29 is 0 Å². The van der Waals surface area contributed by atoms with E-state index < -0.39 is 0 Å². The molecule has 22 heavy (non-hydrogen) atoms. The second-order valence-corrected chi connectivity index (χ2v) is 5.58. The van der Waals surface area contributed by atoms with Crippen LogP contribution in [0.2, 0.25) is 5.02 Å². The lowest BCUT2D eigenvalue weighted by molar-refractivity contribution is 0.808. The molecule has 0 aliphatic heterocycles. The van der Waals surface area contributed by atoms with Crippen LogP contribution in [0, 0.1) is 0 Å². The summed E-state index contributed by atoms with van der Waals surface area (Å²) in [4.78, 5) is 11.8. The molecule has 2 aromatic heterocycles. The summed E-state index contributed by atoms with van der Waals surface area (Å²) >= 11 is 6.08. The summed E-state index contributed by atoms with van der Waals surface area (Å²) in [5.74, 6) is 0.909. The minimum Gasteiger partial charge on any atom is -0.345 e. The highest BCUT2D eigenvalue weighted by Crippen LogP contribution is 2.22. The summed E-state index contributed by atoms with van der Waals surface area (Å²) in [7, 11) is 0. The van der Waals surface area contributed by atoms with Crippen LogP contribution in [0.25, 0.3) is 22.4 Å². The first kappa shape index (κ1) is 13.1. The monoisotopic (exact) mass is 308 g/mol. The van der Waals surface area contributed by atoms with Crippen LogP contribution in [0.15, 0.2) is 61.2 Å². The lowest BCUT2D eigenvalue weighted by atomic mass is 10.2. The Labute approximate surface area is 132 Å². The van der Waals surface area contributed by atoms with Gasteiger partial charge in [0, 0.05) is 29.5 Å². The molecule has 0 atom stereocenters. The first-order chi connectivity index (χ1) is 10.8. The molecule has 108 valence electrons. The van der Waals surface area contributed by atoms with Gasteiger partial charge in [0.1, 0.15) is 5.82 Å². The van der Waals surface area contributed by atoms with Crippen molar-refractivity contribution in [1.29, 1.82) is 0 Å². The zero-order chi connectivity index (χ0) is 14.9. The molecule has 5 heteroatoms. The molecule has 0 amide bonds. The molecule has 4 aromatic rings. The molecular formula is C17H13ClN4. The Hall–Kier alpha value is -2.59. The fourth-order valence-corrected chi connectivity index (χ4v) is 2.79. The Morgan fingerprint density at radius 2 is 2.05 bits per heavy atom. The summed E-state index contributed by atoms with van der Waals surface area (Å²) in [6, 6.07) is 14.0. The minimum atomic E-state index is 0.714. The molecule has 0 radical (unpaired) electrons. The molecule has 0 spiro atoms. The molecule has 4 nitrogen and oxygen atoms in total. The standard InChI is InChI=1S/C17H13ClN4/c18-14-3-1-2-13(9-14)17-19-6-7-22(17)10-12-4-5-15-16(8-12)21-11-20-15/h1-9,11H,10H2,(H,20,21). The van der Waals surface area contributed by atoms with Gasteiger partial charge >= 0.3 is 0 Å². The molecule has 1 N–H and O–H groups in total. The minimum absolute atomic E-state index is 0.714. The van der Waals surface area contributed by atoms with Gasteiger partial charge in [0.15, 0.2) is 0 Å². The highest BCUT2D eigenvalue weighted by molar-refractivity contribution is 6.30. The van der Waals surface area contributed by atoms with Gasteiger partial charge in [-0.05, 0) is 29.8 Å². The average Bonchev–Trinajstić information content (AvgIpc) is 3.15. The number of nitrogens with zero attached hydrogens (tertiary/aromatic N) is 3. The largest absolute Gasteiger partial charge is 0.345 e. The number of H-pyrrole nitrogens is 1. The van der Waals surface area contributed by atoms with E-state index in [1.54, 1.807) is 6.33 Å². The molecule has 0 bridgehead atoms. The summed E-state index contributed by atoms with van der Waals surface area (Å²) in [6.07, 6.45) is 5.50. The van der Waals surface area contributed by atoms with Crippen molar-refractivity contribution in [3.05, 3.63) is 71.8 Å². The van der Waals surface area contributed by atoms with Crippen molar-refractivity contribution >= 4 is 22.6 Å². The number of hydrogen-bond donors (Lipinski definition) is 1. The maximum Gasteiger partial charge on any atom is 0.140 e. The van der Waals surface area contributed by atoms with Crippen molar-refractivity contribution in [3.63, 3.8) is 0 Å². The number of halogens is 1. The number of fused-ring (bicyclic) bond motifs is 1. The van der Waals surface area contributed by atoms with Crippen LogP contribution in [0.5, 0.6) is 0 Å². The highest BCUT2D eigenvalue weighted by Gasteiger charge is 2.07. The SMILES string of the molecule is Clc1cccc(-c2nccn2Cc2ccc3nc[nH]c3c2)c1. The number of hydrogen-bond acceptors (Lipinski definition) is 2. The predicted molar refractivity (Wildman–Crippen MR) is 87.9 cm³/mol. The summed E-state index contributed by atoms with van der Waals surface area (Å²) in [6.45, 7) is 0.747. The second kappa shape index (κ2) is 5.31. The van der Waals surface area contributed by atoms with E-state index in [-0.39, 0.29) is 0 Å². The molecule has 2 heterocycles. The smallest absolute Gasteiger partial charge is 0.140 e. The zero-order valence-electron chi connectivity index (χ0n) is 11.7. The van der Waals surface area contributed by atoms with Gasteiger partial charge in [0.2, 0.25) is 0 Å².